The van der Waals surface area contributed by atoms with Gasteiger partial charge in [-0.2, -0.15) is 0 Å². The molecule has 0 aliphatic rings. The van der Waals surface area contributed by atoms with Crippen LogP contribution >= 0.6 is 0 Å². The summed E-state index contributed by atoms with van der Waals surface area (Å²) in [6.07, 6.45) is 2.25. The lowest BCUT2D eigenvalue weighted by atomic mass is 10.0. The molecule has 0 saturated heterocycles. The molecular formula is C13H21N. The number of nitrogens with one attached hydrogen (secondary N) is 1. The van der Waals surface area contributed by atoms with Crippen LogP contribution in [0.4, 0.5) is 0 Å². The molecule has 0 radical (unpaired) electrons. The quantitative estimate of drug-likeness (QED) is 0.754. The van der Waals surface area contributed by atoms with Crippen LogP contribution in [0.1, 0.15) is 31.9 Å². The lowest BCUT2D eigenvalue weighted by Gasteiger charge is -2.12. The monoisotopic (exact) mass is 191 g/mol. The zero-order valence-corrected chi connectivity index (χ0v) is 9.51. The normalized spacial score (nSPS) is 12.8. The third kappa shape index (κ3) is 3.51. The molecule has 0 bridgehead atoms. The van der Waals surface area contributed by atoms with Crippen molar-refractivity contribution in [3.63, 3.8) is 0 Å². The summed E-state index contributed by atoms with van der Waals surface area (Å²) in [5.41, 5.74) is 2.85. The van der Waals surface area contributed by atoms with Crippen LogP contribution in [0.2, 0.25) is 0 Å². The standard InChI is InChI=1S/C13H21N/c1-4-12-6-8-13(9-7-12)10-11(3)14-5-2/h6-9,11,14H,4-5,10H2,1-3H3. The van der Waals surface area contributed by atoms with Gasteiger partial charge in [-0.3, -0.25) is 0 Å². The number of benzene rings is 1. The van der Waals surface area contributed by atoms with Crippen molar-refractivity contribution >= 4 is 0 Å². The third-order valence-corrected chi connectivity index (χ3v) is 2.53. The topological polar surface area (TPSA) is 12.0 Å². The van der Waals surface area contributed by atoms with Gasteiger partial charge in [0.15, 0.2) is 0 Å². The molecule has 0 spiro atoms. The van der Waals surface area contributed by atoms with Crippen molar-refractivity contribution in [3.8, 4) is 0 Å². The Labute approximate surface area is 87.5 Å². The van der Waals surface area contributed by atoms with Gasteiger partial charge in [0.05, 0.1) is 0 Å². The highest BCUT2D eigenvalue weighted by molar-refractivity contribution is 5.23. The molecule has 0 aliphatic carbocycles. The van der Waals surface area contributed by atoms with Gasteiger partial charge in [0.25, 0.3) is 0 Å². The fraction of sp³-hybridized carbons (Fsp3) is 0.538. The van der Waals surface area contributed by atoms with Gasteiger partial charge in [-0.1, -0.05) is 38.1 Å². The Bertz CT molecular complexity index is 250. The van der Waals surface area contributed by atoms with E-state index in [1.165, 1.54) is 11.1 Å². The average molecular weight is 191 g/mol. The zero-order chi connectivity index (χ0) is 10.4. The van der Waals surface area contributed by atoms with Gasteiger partial charge in [-0.25, -0.2) is 0 Å². The van der Waals surface area contributed by atoms with Crippen LogP contribution in [0.25, 0.3) is 0 Å². The minimum absolute atomic E-state index is 0.576. The highest BCUT2D eigenvalue weighted by Gasteiger charge is 2.00. The van der Waals surface area contributed by atoms with Gasteiger partial charge in [0, 0.05) is 6.04 Å². The van der Waals surface area contributed by atoms with E-state index in [4.69, 9.17) is 0 Å². The highest BCUT2D eigenvalue weighted by atomic mass is 14.9. The minimum Gasteiger partial charge on any atom is -0.314 e. The smallest absolute Gasteiger partial charge is 0.00790 e. The Hall–Kier alpha value is -0.820. The van der Waals surface area contributed by atoms with E-state index in [0.717, 1.165) is 19.4 Å². The largest absolute Gasteiger partial charge is 0.314 e. The van der Waals surface area contributed by atoms with Crippen LogP contribution in [-0.4, -0.2) is 12.6 Å². The van der Waals surface area contributed by atoms with Crippen LogP contribution in [0.3, 0.4) is 0 Å². The Morgan fingerprint density at radius 2 is 1.64 bits per heavy atom. The summed E-state index contributed by atoms with van der Waals surface area (Å²) in [6, 6.07) is 9.52. The van der Waals surface area contributed by atoms with E-state index in [-0.39, 0.29) is 0 Å². The zero-order valence-electron chi connectivity index (χ0n) is 9.51. The number of hydrogen-bond donors (Lipinski definition) is 1. The van der Waals surface area contributed by atoms with Crippen molar-refractivity contribution in [1.29, 1.82) is 0 Å². The lowest BCUT2D eigenvalue weighted by molar-refractivity contribution is 0.565. The van der Waals surface area contributed by atoms with Crippen LogP contribution in [0.5, 0.6) is 0 Å². The summed E-state index contributed by atoms with van der Waals surface area (Å²) < 4.78 is 0. The molecule has 1 aromatic rings. The molecule has 1 heteroatoms. The van der Waals surface area contributed by atoms with Crippen molar-refractivity contribution in [2.45, 2.75) is 39.7 Å². The summed E-state index contributed by atoms with van der Waals surface area (Å²) >= 11 is 0. The fourth-order valence-corrected chi connectivity index (χ4v) is 1.69. The van der Waals surface area contributed by atoms with Crippen molar-refractivity contribution in [2.75, 3.05) is 6.54 Å². The predicted octanol–water partition coefficient (Wildman–Crippen LogP) is 2.79. The van der Waals surface area contributed by atoms with Crippen LogP contribution in [-0.2, 0) is 12.8 Å². The number of likely N-dealkylation sites (N-methyl/N-ethyl adjacent to an activating group) is 1. The first kappa shape index (κ1) is 11.3. The lowest BCUT2D eigenvalue weighted by Crippen LogP contribution is -2.27. The van der Waals surface area contributed by atoms with Gasteiger partial charge >= 0.3 is 0 Å². The fourth-order valence-electron chi connectivity index (χ4n) is 1.69. The van der Waals surface area contributed by atoms with Gasteiger partial charge < -0.3 is 5.32 Å². The maximum atomic E-state index is 3.42. The van der Waals surface area contributed by atoms with E-state index < -0.39 is 0 Å². The Morgan fingerprint density at radius 3 is 2.14 bits per heavy atom. The molecule has 0 fully saturated rings. The molecule has 1 atom stereocenters. The molecule has 1 unspecified atom stereocenters. The first-order chi connectivity index (χ1) is 6.76. The van der Waals surface area contributed by atoms with Gasteiger partial charge in [-0.15, -0.1) is 0 Å². The summed E-state index contributed by atoms with van der Waals surface area (Å²) in [7, 11) is 0. The molecule has 0 saturated carbocycles. The molecule has 1 aromatic carbocycles. The Kier molecular flexibility index (Phi) is 4.68. The first-order valence-electron chi connectivity index (χ1n) is 5.57. The van der Waals surface area contributed by atoms with E-state index in [0.29, 0.717) is 6.04 Å². The van der Waals surface area contributed by atoms with Crippen molar-refractivity contribution in [3.05, 3.63) is 35.4 Å². The molecule has 1 N–H and O–H groups in total. The Morgan fingerprint density at radius 1 is 1.07 bits per heavy atom. The molecule has 0 aliphatic heterocycles. The van der Waals surface area contributed by atoms with Crippen molar-refractivity contribution in [1.82, 2.24) is 5.32 Å². The summed E-state index contributed by atoms with van der Waals surface area (Å²) in [6.45, 7) is 7.62. The molecule has 78 valence electrons. The molecule has 0 aromatic heterocycles. The molecular weight excluding hydrogens is 170 g/mol. The van der Waals surface area contributed by atoms with E-state index >= 15 is 0 Å². The third-order valence-electron chi connectivity index (χ3n) is 2.53. The molecule has 0 heterocycles. The molecule has 0 amide bonds. The first-order valence-corrected chi connectivity index (χ1v) is 5.57. The van der Waals surface area contributed by atoms with E-state index in [9.17, 15) is 0 Å². The second-order valence-corrected chi connectivity index (χ2v) is 3.83. The van der Waals surface area contributed by atoms with Crippen molar-refractivity contribution < 1.29 is 0 Å². The summed E-state index contributed by atoms with van der Waals surface area (Å²) in [4.78, 5) is 0. The van der Waals surface area contributed by atoms with E-state index in [1.54, 1.807) is 0 Å². The summed E-state index contributed by atoms with van der Waals surface area (Å²) in [5, 5.41) is 3.42. The molecule has 14 heavy (non-hydrogen) atoms. The number of rotatable bonds is 5. The van der Waals surface area contributed by atoms with E-state index in [2.05, 4.69) is 50.4 Å². The second-order valence-electron chi connectivity index (χ2n) is 3.83. The van der Waals surface area contributed by atoms with Crippen LogP contribution < -0.4 is 5.32 Å². The van der Waals surface area contributed by atoms with Gasteiger partial charge in [-0.05, 0) is 37.4 Å². The number of hydrogen-bond acceptors (Lipinski definition) is 1. The molecule has 1 rings (SSSR count). The molecule has 1 nitrogen and oxygen atoms in total. The maximum Gasteiger partial charge on any atom is 0.00790 e. The van der Waals surface area contributed by atoms with E-state index in [1.807, 2.05) is 0 Å². The van der Waals surface area contributed by atoms with Gasteiger partial charge in [0.1, 0.15) is 0 Å². The summed E-state index contributed by atoms with van der Waals surface area (Å²) in [5.74, 6) is 0. The minimum atomic E-state index is 0.576. The predicted molar refractivity (Wildman–Crippen MR) is 62.7 cm³/mol. The van der Waals surface area contributed by atoms with Crippen LogP contribution in [0, 0.1) is 0 Å². The van der Waals surface area contributed by atoms with Gasteiger partial charge in [0.2, 0.25) is 0 Å². The van der Waals surface area contributed by atoms with Crippen molar-refractivity contribution in [2.24, 2.45) is 0 Å². The highest BCUT2D eigenvalue weighted by Crippen LogP contribution is 2.07. The SMILES string of the molecule is CCNC(C)Cc1ccc(CC)cc1. The Balaban J connectivity index is 2.50. The average Bonchev–Trinajstić information content (AvgIpc) is 2.19. The maximum absolute atomic E-state index is 3.42. The van der Waals surface area contributed by atoms with Crippen LogP contribution in [0.15, 0.2) is 24.3 Å². The number of aryl methyl sites for hydroxylation is 1. The second kappa shape index (κ2) is 5.82.